The number of nitrogens with one attached hydrogen (secondary N) is 1. The van der Waals surface area contributed by atoms with E-state index >= 15 is 0 Å². The van der Waals surface area contributed by atoms with Crippen LogP contribution in [0, 0.1) is 6.92 Å². The fraction of sp³-hybridized carbons (Fsp3) is 0.167. The van der Waals surface area contributed by atoms with Gasteiger partial charge in [0.2, 0.25) is 5.75 Å². The number of hydrogen-bond acceptors (Lipinski definition) is 6. The summed E-state index contributed by atoms with van der Waals surface area (Å²) in [5.41, 5.74) is 3.50. The van der Waals surface area contributed by atoms with E-state index in [9.17, 15) is 0 Å². The van der Waals surface area contributed by atoms with Gasteiger partial charge in [0.1, 0.15) is 5.82 Å². The summed E-state index contributed by atoms with van der Waals surface area (Å²) in [6, 6.07) is 17.2. The highest BCUT2D eigenvalue weighted by atomic mass is 35.5. The van der Waals surface area contributed by atoms with Crippen molar-refractivity contribution in [3.8, 4) is 28.6 Å². The summed E-state index contributed by atoms with van der Waals surface area (Å²) in [6.07, 6.45) is 0. The van der Waals surface area contributed by atoms with Gasteiger partial charge in [-0.25, -0.2) is 9.97 Å². The fourth-order valence-corrected chi connectivity index (χ4v) is 3.63. The van der Waals surface area contributed by atoms with E-state index in [0.717, 1.165) is 27.7 Å². The average molecular weight is 436 g/mol. The number of aromatic nitrogens is 2. The van der Waals surface area contributed by atoms with Crippen molar-refractivity contribution < 1.29 is 14.2 Å². The molecular formula is C24H22ClN3O3. The molecule has 0 spiro atoms. The SMILES string of the molecule is COc1cc(-c2nc(Nc3ccc(Cl)cc3C)c3ccccc3n2)cc(OC)c1OC. The minimum atomic E-state index is 0.518. The number of nitrogens with zero attached hydrogens (tertiary/aromatic N) is 2. The summed E-state index contributed by atoms with van der Waals surface area (Å²) < 4.78 is 16.4. The minimum absolute atomic E-state index is 0.518. The van der Waals surface area contributed by atoms with Gasteiger partial charge in [0.15, 0.2) is 17.3 Å². The highest BCUT2D eigenvalue weighted by Gasteiger charge is 2.17. The fourth-order valence-electron chi connectivity index (χ4n) is 3.41. The van der Waals surface area contributed by atoms with Gasteiger partial charge in [-0.15, -0.1) is 0 Å². The van der Waals surface area contributed by atoms with E-state index in [1.165, 1.54) is 0 Å². The zero-order valence-corrected chi connectivity index (χ0v) is 18.4. The van der Waals surface area contributed by atoms with Crippen LogP contribution in [0.4, 0.5) is 11.5 Å². The summed E-state index contributed by atoms with van der Waals surface area (Å²) >= 11 is 6.11. The molecule has 0 atom stereocenters. The monoisotopic (exact) mass is 435 g/mol. The number of hydrogen-bond donors (Lipinski definition) is 1. The van der Waals surface area contributed by atoms with Crippen molar-refractivity contribution in [3.63, 3.8) is 0 Å². The van der Waals surface area contributed by atoms with E-state index in [1.807, 2.05) is 61.5 Å². The number of ether oxygens (including phenoxy) is 3. The Labute approximate surface area is 185 Å². The maximum absolute atomic E-state index is 6.11. The molecule has 0 bridgehead atoms. The van der Waals surface area contributed by atoms with E-state index in [0.29, 0.717) is 33.9 Å². The summed E-state index contributed by atoms with van der Waals surface area (Å²) in [7, 11) is 4.74. The molecule has 0 amide bonds. The highest BCUT2D eigenvalue weighted by molar-refractivity contribution is 6.30. The van der Waals surface area contributed by atoms with Crippen LogP contribution < -0.4 is 19.5 Å². The van der Waals surface area contributed by atoms with E-state index in [1.54, 1.807) is 21.3 Å². The molecule has 1 aromatic heterocycles. The maximum atomic E-state index is 6.11. The lowest BCUT2D eigenvalue weighted by molar-refractivity contribution is 0.324. The number of fused-ring (bicyclic) bond motifs is 1. The Hall–Kier alpha value is -3.51. The molecule has 0 aliphatic heterocycles. The topological polar surface area (TPSA) is 65.5 Å². The van der Waals surface area contributed by atoms with Crippen molar-refractivity contribution in [3.05, 3.63) is 65.2 Å². The Morgan fingerprint density at radius 1 is 0.839 bits per heavy atom. The lowest BCUT2D eigenvalue weighted by Crippen LogP contribution is -2.01. The van der Waals surface area contributed by atoms with Crippen molar-refractivity contribution in [2.24, 2.45) is 0 Å². The van der Waals surface area contributed by atoms with E-state index < -0.39 is 0 Å². The molecule has 158 valence electrons. The zero-order chi connectivity index (χ0) is 22.0. The normalized spacial score (nSPS) is 10.7. The first-order valence-corrected chi connectivity index (χ1v) is 10.0. The Bertz CT molecular complexity index is 1240. The summed E-state index contributed by atoms with van der Waals surface area (Å²) in [6.45, 7) is 2.00. The van der Waals surface area contributed by atoms with Crippen molar-refractivity contribution in [1.29, 1.82) is 0 Å². The molecule has 1 heterocycles. The lowest BCUT2D eigenvalue weighted by atomic mass is 10.1. The van der Waals surface area contributed by atoms with Crippen molar-refractivity contribution in [2.45, 2.75) is 6.92 Å². The van der Waals surface area contributed by atoms with Crippen LogP contribution in [-0.2, 0) is 0 Å². The number of para-hydroxylation sites is 1. The smallest absolute Gasteiger partial charge is 0.203 e. The predicted molar refractivity (Wildman–Crippen MR) is 124 cm³/mol. The number of anilines is 2. The minimum Gasteiger partial charge on any atom is -0.493 e. The second kappa shape index (κ2) is 8.70. The standard InChI is InChI=1S/C24H22ClN3O3/c1-14-11-16(25)9-10-18(14)26-24-17-7-5-6-8-19(17)27-23(28-24)15-12-20(29-2)22(31-4)21(13-15)30-3/h5-13H,1-4H3,(H,26,27,28). The quantitative estimate of drug-likeness (QED) is 0.399. The Kier molecular flexibility index (Phi) is 5.82. The van der Waals surface area contributed by atoms with Crippen LogP contribution >= 0.6 is 11.6 Å². The predicted octanol–water partition coefficient (Wildman–Crippen LogP) is 6.03. The maximum Gasteiger partial charge on any atom is 0.203 e. The van der Waals surface area contributed by atoms with Crippen molar-refractivity contribution in [2.75, 3.05) is 26.6 Å². The average Bonchev–Trinajstić information content (AvgIpc) is 2.79. The summed E-state index contributed by atoms with van der Waals surface area (Å²) in [5, 5.41) is 5.03. The highest BCUT2D eigenvalue weighted by Crippen LogP contribution is 2.41. The first kappa shape index (κ1) is 20.8. The molecular weight excluding hydrogens is 414 g/mol. The van der Waals surface area contributed by atoms with Gasteiger partial charge in [0.25, 0.3) is 0 Å². The van der Waals surface area contributed by atoms with Crippen LogP contribution in [0.1, 0.15) is 5.56 Å². The number of benzene rings is 3. The third-order valence-corrected chi connectivity index (χ3v) is 5.20. The van der Waals surface area contributed by atoms with Gasteiger partial charge < -0.3 is 19.5 Å². The van der Waals surface area contributed by atoms with Gasteiger partial charge in [-0.3, -0.25) is 0 Å². The van der Waals surface area contributed by atoms with Gasteiger partial charge in [-0.2, -0.15) is 0 Å². The van der Waals surface area contributed by atoms with Gasteiger partial charge in [0, 0.05) is 21.7 Å². The largest absolute Gasteiger partial charge is 0.493 e. The molecule has 3 aromatic carbocycles. The van der Waals surface area contributed by atoms with Crippen molar-refractivity contribution in [1.82, 2.24) is 9.97 Å². The van der Waals surface area contributed by atoms with Crippen LogP contribution in [0.25, 0.3) is 22.3 Å². The van der Waals surface area contributed by atoms with E-state index in [4.69, 9.17) is 35.8 Å². The van der Waals surface area contributed by atoms with Crippen LogP contribution in [0.3, 0.4) is 0 Å². The third kappa shape index (κ3) is 4.07. The molecule has 0 aliphatic carbocycles. The molecule has 0 saturated heterocycles. The summed E-state index contributed by atoms with van der Waals surface area (Å²) in [5.74, 6) is 2.82. The van der Waals surface area contributed by atoms with Gasteiger partial charge in [-0.1, -0.05) is 23.7 Å². The lowest BCUT2D eigenvalue weighted by Gasteiger charge is -2.15. The Morgan fingerprint density at radius 2 is 1.55 bits per heavy atom. The van der Waals surface area contributed by atoms with Gasteiger partial charge in [-0.05, 0) is 55.0 Å². The molecule has 7 heteroatoms. The van der Waals surface area contributed by atoms with Crippen LogP contribution in [0.2, 0.25) is 5.02 Å². The first-order chi connectivity index (χ1) is 15.0. The summed E-state index contributed by atoms with van der Waals surface area (Å²) in [4.78, 5) is 9.60. The Balaban J connectivity index is 1.89. The van der Waals surface area contributed by atoms with E-state index in [2.05, 4.69) is 5.32 Å². The first-order valence-electron chi connectivity index (χ1n) is 9.64. The molecule has 6 nitrogen and oxygen atoms in total. The molecule has 0 unspecified atom stereocenters. The molecule has 31 heavy (non-hydrogen) atoms. The number of rotatable bonds is 6. The second-order valence-corrected chi connectivity index (χ2v) is 7.35. The Morgan fingerprint density at radius 3 is 2.19 bits per heavy atom. The van der Waals surface area contributed by atoms with Gasteiger partial charge in [0.05, 0.1) is 26.8 Å². The molecule has 4 rings (SSSR count). The molecule has 4 aromatic rings. The zero-order valence-electron chi connectivity index (χ0n) is 17.7. The molecule has 0 aliphatic rings. The number of aryl methyl sites for hydroxylation is 1. The van der Waals surface area contributed by atoms with Crippen LogP contribution in [0.5, 0.6) is 17.2 Å². The molecule has 1 N–H and O–H groups in total. The molecule has 0 radical (unpaired) electrons. The van der Waals surface area contributed by atoms with Crippen LogP contribution in [-0.4, -0.2) is 31.3 Å². The molecule has 0 saturated carbocycles. The third-order valence-electron chi connectivity index (χ3n) is 4.97. The van der Waals surface area contributed by atoms with Crippen LogP contribution in [0.15, 0.2) is 54.6 Å². The second-order valence-electron chi connectivity index (χ2n) is 6.91. The van der Waals surface area contributed by atoms with Crippen molar-refractivity contribution >= 4 is 34.0 Å². The number of methoxy groups -OCH3 is 3. The molecule has 0 fully saturated rings. The van der Waals surface area contributed by atoms with Gasteiger partial charge >= 0.3 is 0 Å². The van der Waals surface area contributed by atoms with E-state index in [-0.39, 0.29) is 0 Å². The number of halogens is 1.